The van der Waals surface area contributed by atoms with E-state index in [2.05, 4.69) is 27.7 Å². The van der Waals surface area contributed by atoms with E-state index in [1.54, 1.807) is 0 Å². The van der Waals surface area contributed by atoms with Crippen LogP contribution < -0.4 is 0 Å². The van der Waals surface area contributed by atoms with E-state index >= 15 is 0 Å². The minimum absolute atomic E-state index is 0.168. The Kier molecular flexibility index (Phi) is 1.44. The Morgan fingerprint density at radius 3 is 2.08 bits per heavy atom. The quantitative estimate of drug-likeness (QED) is 0.519. The third-order valence-corrected chi connectivity index (χ3v) is 4.22. The normalized spacial score (nSPS) is 38.2. The van der Waals surface area contributed by atoms with Crippen LogP contribution in [0.25, 0.3) is 0 Å². The fourth-order valence-electron chi connectivity index (χ4n) is 3.04. The third-order valence-electron chi connectivity index (χ3n) is 4.22. The van der Waals surface area contributed by atoms with Crippen LogP contribution in [0.5, 0.6) is 0 Å². The van der Waals surface area contributed by atoms with Gasteiger partial charge in [0.1, 0.15) is 0 Å². The Morgan fingerprint density at radius 2 is 1.62 bits per heavy atom. The van der Waals surface area contributed by atoms with E-state index in [0.717, 1.165) is 5.57 Å². The number of ketones is 1. The Labute approximate surface area is 79.5 Å². The standard InChI is InChI=1S/C12H16O/c1-6-7(2)11(13)12(5)9(4)8(3)10(6)12/h10H,1-5H3. The fraction of sp³-hybridized carbons (Fsp3) is 0.583. The summed E-state index contributed by atoms with van der Waals surface area (Å²) in [6.07, 6.45) is 0. The predicted octanol–water partition coefficient (Wildman–Crippen LogP) is 2.88. The summed E-state index contributed by atoms with van der Waals surface area (Å²) in [5.41, 5.74) is 4.81. The molecule has 2 aliphatic rings. The average molecular weight is 176 g/mol. The van der Waals surface area contributed by atoms with Crippen molar-refractivity contribution in [1.29, 1.82) is 0 Å². The lowest BCUT2D eigenvalue weighted by Gasteiger charge is -2.44. The maximum Gasteiger partial charge on any atom is 0.169 e. The van der Waals surface area contributed by atoms with Crippen LogP contribution >= 0.6 is 0 Å². The lowest BCUT2D eigenvalue weighted by Crippen LogP contribution is -2.41. The minimum atomic E-state index is -0.168. The molecule has 0 fully saturated rings. The van der Waals surface area contributed by atoms with Crippen molar-refractivity contribution >= 4 is 5.78 Å². The zero-order valence-electron chi connectivity index (χ0n) is 8.99. The van der Waals surface area contributed by atoms with Gasteiger partial charge in [-0.15, -0.1) is 0 Å². The number of rotatable bonds is 0. The molecule has 0 heterocycles. The van der Waals surface area contributed by atoms with Crippen molar-refractivity contribution in [2.24, 2.45) is 11.3 Å². The molecule has 2 aliphatic carbocycles. The summed E-state index contributed by atoms with van der Waals surface area (Å²) in [4.78, 5) is 12.0. The van der Waals surface area contributed by atoms with Gasteiger partial charge in [-0.2, -0.15) is 0 Å². The second-order valence-electron chi connectivity index (χ2n) is 4.58. The van der Waals surface area contributed by atoms with Gasteiger partial charge < -0.3 is 0 Å². The monoisotopic (exact) mass is 176 g/mol. The summed E-state index contributed by atoms with van der Waals surface area (Å²) < 4.78 is 0. The van der Waals surface area contributed by atoms with Crippen molar-refractivity contribution in [2.45, 2.75) is 34.6 Å². The highest BCUT2D eigenvalue weighted by Gasteiger charge is 2.56. The van der Waals surface area contributed by atoms with Crippen molar-refractivity contribution in [3.8, 4) is 0 Å². The molecule has 0 radical (unpaired) electrons. The molecule has 2 atom stereocenters. The summed E-state index contributed by atoms with van der Waals surface area (Å²) in [6.45, 7) is 10.4. The summed E-state index contributed by atoms with van der Waals surface area (Å²) in [5.74, 6) is 0.762. The van der Waals surface area contributed by atoms with Crippen LogP contribution in [0.15, 0.2) is 22.3 Å². The zero-order chi connectivity index (χ0) is 9.96. The first-order valence-corrected chi connectivity index (χ1v) is 4.82. The molecule has 0 aromatic carbocycles. The Hall–Kier alpha value is -0.850. The molecule has 0 amide bonds. The molecule has 1 heteroatoms. The van der Waals surface area contributed by atoms with Crippen molar-refractivity contribution < 1.29 is 4.79 Å². The van der Waals surface area contributed by atoms with Gasteiger partial charge in [-0.1, -0.05) is 16.7 Å². The first-order chi connectivity index (χ1) is 5.92. The van der Waals surface area contributed by atoms with Crippen LogP contribution in [0.3, 0.4) is 0 Å². The molecule has 1 nitrogen and oxygen atoms in total. The highest BCUT2D eigenvalue weighted by atomic mass is 16.1. The van der Waals surface area contributed by atoms with Gasteiger partial charge in [-0.3, -0.25) is 4.79 Å². The molecule has 13 heavy (non-hydrogen) atoms. The van der Waals surface area contributed by atoms with Crippen LogP contribution in [-0.2, 0) is 4.79 Å². The summed E-state index contributed by atoms with van der Waals surface area (Å²) in [7, 11) is 0. The van der Waals surface area contributed by atoms with Crippen LogP contribution in [0.1, 0.15) is 34.6 Å². The smallest absolute Gasteiger partial charge is 0.169 e. The number of carbonyl (C=O) groups excluding carboxylic acids is 1. The van der Waals surface area contributed by atoms with Gasteiger partial charge in [0, 0.05) is 5.92 Å². The van der Waals surface area contributed by atoms with Crippen molar-refractivity contribution in [1.82, 2.24) is 0 Å². The Morgan fingerprint density at radius 1 is 1.08 bits per heavy atom. The second-order valence-corrected chi connectivity index (χ2v) is 4.58. The molecule has 0 aliphatic heterocycles. The van der Waals surface area contributed by atoms with E-state index in [1.165, 1.54) is 16.7 Å². The van der Waals surface area contributed by atoms with Gasteiger partial charge in [-0.25, -0.2) is 0 Å². The highest BCUT2D eigenvalue weighted by molar-refractivity contribution is 6.07. The number of hydrogen-bond acceptors (Lipinski definition) is 1. The molecule has 0 aromatic heterocycles. The summed E-state index contributed by atoms with van der Waals surface area (Å²) >= 11 is 0. The lowest BCUT2D eigenvalue weighted by atomic mass is 9.57. The van der Waals surface area contributed by atoms with E-state index in [4.69, 9.17) is 0 Å². The first kappa shape index (κ1) is 8.74. The van der Waals surface area contributed by atoms with Gasteiger partial charge in [0.15, 0.2) is 5.78 Å². The van der Waals surface area contributed by atoms with E-state index in [1.807, 2.05) is 6.92 Å². The molecule has 0 saturated carbocycles. The maximum atomic E-state index is 12.0. The van der Waals surface area contributed by atoms with Crippen LogP contribution in [-0.4, -0.2) is 5.78 Å². The van der Waals surface area contributed by atoms with Gasteiger partial charge in [0.25, 0.3) is 0 Å². The van der Waals surface area contributed by atoms with Crippen LogP contribution in [0, 0.1) is 11.3 Å². The molecule has 0 N–H and O–H groups in total. The second kappa shape index (κ2) is 2.14. The number of Topliss-reactive ketones (excluding diaryl/α,β-unsaturated/α-hetero) is 1. The van der Waals surface area contributed by atoms with Crippen LogP contribution in [0.4, 0.5) is 0 Å². The van der Waals surface area contributed by atoms with Gasteiger partial charge >= 0.3 is 0 Å². The number of fused-ring (bicyclic) bond motifs is 1. The predicted molar refractivity (Wildman–Crippen MR) is 53.4 cm³/mol. The molecule has 70 valence electrons. The zero-order valence-corrected chi connectivity index (χ0v) is 8.99. The summed E-state index contributed by atoms with van der Waals surface area (Å²) in [5, 5.41) is 0. The van der Waals surface area contributed by atoms with Gasteiger partial charge in [0.05, 0.1) is 5.41 Å². The maximum absolute atomic E-state index is 12.0. The SMILES string of the molecule is CC1=C(C)C2C(C)=C(C)C2(C)C1=O. The van der Waals surface area contributed by atoms with Crippen molar-refractivity contribution in [3.63, 3.8) is 0 Å². The van der Waals surface area contributed by atoms with E-state index < -0.39 is 0 Å². The van der Waals surface area contributed by atoms with Crippen molar-refractivity contribution in [3.05, 3.63) is 22.3 Å². The first-order valence-electron chi connectivity index (χ1n) is 4.82. The number of allylic oxidation sites excluding steroid dienone is 4. The largest absolute Gasteiger partial charge is 0.294 e. The molecule has 2 unspecified atom stereocenters. The minimum Gasteiger partial charge on any atom is -0.294 e. The Bertz CT molecular complexity index is 371. The lowest BCUT2D eigenvalue weighted by molar-refractivity contribution is -0.123. The highest BCUT2D eigenvalue weighted by Crippen LogP contribution is 2.60. The number of carbonyl (C=O) groups is 1. The molecule has 0 spiro atoms. The van der Waals surface area contributed by atoms with Gasteiger partial charge in [-0.05, 0) is 40.2 Å². The molecule has 0 aromatic rings. The average Bonchev–Trinajstić information content (AvgIpc) is 2.27. The van der Waals surface area contributed by atoms with Crippen molar-refractivity contribution in [2.75, 3.05) is 0 Å². The number of hydrogen-bond donors (Lipinski definition) is 0. The van der Waals surface area contributed by atoms with Crippen LogP contribution in [0.2, 0.25) is 0 Å². The molecule has 0 saturated heterocycles. The molecule has 0 bridgehead atoms. The molecular weight excluding hydrogens is 160 g/mol. The topological polar surface area (TPSA) is 17.1 Å². The van der Waals surface area contributed by atoms with E-state index in [-0.39, 0.29) is 5.41 Å². The van der Waals surface area contributed by atoms with Gasteiger partial charge in [0.2, 0.25) is 0 Å². The summed E-state index contributed by atoms with van der Waals surface area (Å²) in [6, 6.07) is 0. The Balaban J connectivity index is 2.60. The van der Waals surface area contributed by atoms with E-state index in [0.29, 0.717) is 11.7 Å². The molecular formula is C12H16O. The fourth-order valence-corrected chi connectivity index (χ4v) is 3.04. The molecule has 2 rings (SSSR count). The third kappa shape index (κ3) is 0.676. The van der Waals surface area contributed by atoms with E-state index in [9.17, 15) is 4.79 Å².